The van der Waals surface area contributed by atoms with Gasteiger partial charge in [-0.2, -0.15) is 36.5 Å². The van der Waals surface area contributed by atoms with E-state index in [0.717, 1.165) is 13.1 Å². The zero-order valence-electron chi connectivity index (χ0n) is 24.1. The van der Waals surface area contributed by atoms with E-state index in [4.69, 9.17) is 10.5 Å². The van der Waals surface area contributed by atoms with Crippen LogP contribution in [0.5, 0.6) is 11.5 Å². The van der Waals surface area contributed by atoms with Crippen LogP contribution in [0.25, 0.3) is 16.9 Å². The number of likely N-dealkylation sites (N-methyl/N-ethyl adjacent to an activating group) is 1. The van der Waals surface area contributed by atoms with Crippen molar-refractivity contribution < 1.29 is 40.7 Å². The molecule has 1 aliphatic rings. The number of amides is 2. The third-order valence-electron chi connectivity index (χ3n) is 7.27. The number of carbonyl (C=O) groups is 2. The lowest BCUT2D eigenvalue weighted by Gasteiger charge is -2.39. The number of piperazine rings is 1. The van der Waals surface area contributed by atoms with Crippen LogP contribution in [0.2, 0.25) is 0 Å². The molecule has 0 saturated carbocycles. The predicted octanol–water partition coefficient (Wildman–Crippen LogP) is 4.64. The smallest absolute Gasteiger partial charge is 0.457 e. The summed E-state index contributed by atoms with van der Waals surface area (Å²) in [6.45, 7) is -0.557. The van der Waals surface area contributed by atoms with E-state index in [1.807, 2.05) is 0 Å². The third kappa shape index (κ3) is 6.91. The quantitative estimate of drug-likeness (QED) is 0.268. The van der Waals surface area contributed by atoms with Gasteiger partial charge in [-0.1, -0.05) is 18.2 Å². The highest BCUT2D eigenvalue weighted by Crippen LogP contribution is 2.48. The lowest BCUT2D eigenvalue weighted by Crippen LogP contribution is -2.56. The zero-order valence-corrected chi connectivity index (χ0v) is 24.1. The molecule has 0 aliphatic carbocycles. The number of para-hydroxylation sites is 1. The number of anilines is 1. The van der Waals surface area contributed by atoms with E-state index >= 15 is 13.2 Å². The fourth-order valence-corrected chi connectivity index (χ4v) is 5.29. The molecule has 1 saturated heterocycles. The van der Waals surface area contributed by atoms with Gasteiger partial charge in [-0.05, 0) is 36.4 Å². The normalized spacial score (nSPS) is 15.5. The lowest BCUT2D eigenvalue weighted by atomic mass is 10.0. The van der Waals surface area contributed by atoms with E-state index < -0.39 is 48.1 Å². The highest BCUT2D eigenvalue weighted by Gasteiger charge is 2.44. The minimum atomic E-state index is -5.12. The molecule has 3 N–H and O–H groups in total. The Balaban J connectivity index is 1.69. The number of benzene rings is 2. The molecule has 1 fully saturated rings. The van der Waals surface area contributed by atoms with E-state index in [1.165, 1.54) is 52.3 Å². The number of aromatic nitrogens is 3. The average Bonchev–Trinajstić information content (AvgIpc) is 3.46. The van der Waals surface area contributed by atoms with Gasteiger partial charge in [0.2, 0.25) is 5.91 Å². The summed E-state index contributed by atoms with van der Waals surface area (Å²) in [5, 5.41) is 10.6. The van der Waals surface area contributed by atoms with Crippen molar-refractivity contribution in [3.8, 4) is 28.4 Å². The number of hydrogen-bond donors (Lipinski definition) is 2. The molecule has 0 radical (unpaired) electrons. The van der Waals surface area contributed by atoms with Gasteiger partial charge in [-0.15, -0.1) is 0 Å². The molecule has 2 aromatic heterocycles. The Morgan fingerprint density at radius 2 is 1.80 bits per heavy atom. The molecular weight excluding hydrogens is 620 g/mol. The van der Waals surface area contributed by atoms with Crippen molar-refractivity contribution in [3.63, 3.8) is 0 Å². The fraction of sp³-hybridized carbons (Fsp3) is 0.267. The van der Waals surface area contributed by atoms with Crippen LogP contribution in [0.4, 0.5) is 32.0 Å². The summed E-state index contributed by atoms with van der Waals surface area (Å²) in [6.07, 6.45) is -6.08. The first-order valence-corrected chi connectivity index (χ1v) is 13.8. The Morgan fingerprint density at radius 3 is 2.43 bits per heavy atom. The van der Waals surface area contributed by atoms with Crippen LogP contribution in [0.3, 0.4) is 0 Å². The molecule has 2 aromatic carbocycles. The van der Waals surface area contributed by atoms with E-state index in [1.54, 1.807) is 24.3 Å². The first-order valence-electron chi connectivity index (χ1n) is 13.8. The Labute approximate surface area is 258 Å². The number of rotatable bonds is 8. The Hall–Kier alpha value is -5.12. The van der Waals surface area contributed by atoms with Crippen LogP contribution in [0, 0.1) is 0 Å². The maximum atomic E-state index is 15.2. The molecule has 4 aromatic rings. The lowest BCUT2D eigenvalue weighted by molar-refractivity contribution is -0.184. The second-order valence-electron chi connectivity index (χ2n) is 10.5. The molecule has 0 spiro atoms. The number of nitrogens with two attached hydrogens (primary N) is 1. The first-order chi connectivity index (χ1) is 21.7. The molecule has 46 heavy (non-hydrogen) atoms. The second-order valence-corrected chi connectivity index (χ2v) is 10.5. The summed E-state index contributed by atoms with van der Waals surface area (Å²) in [5.41, 5.74) is 4.71. The summed E-state index contributed by atoms with van der Waals surface area (Å²) in [6, 6.07) is 12.5. The molecule has 0 bridgehead atoms. The van der Waals surface area contributed by atoms with E-state index in [-0.39, 0.29) is 48.0 Å². The van der Waals surface area contributed by atoms with Gasteiger partial charge in [-0.25, -0.2) is 0 Å². The minimum Gasteiger partial charge on any atom is -0.457 e. The Kier molecular flexibility index (Phi) is 8.92. The number of primary amides is 1. The molecule has 2 amide bonds. The van der Waals surface area contributed by atoms with Crippen molar-refractivity contribution in [3.05, 3.63) is 84.3 Å². The van der Waals surface area contributed by atoms with Crippen molar-refractivity contribution in [1.82, 2.24) is 25.0 Å². The number of nitrogens with zero attached hydrogens (tertiary/aromatic N) is 5. The number of halogens is 6. The SMILES string of the molecule is CN(C[C@H]1CN(c2c(-n3cc(C(N)=O)cc3-c3ccnnc3)ccc(Oc3ccccc3)c2C(F)(F)F)CCN1)C(=O)C(F)(F)F. The van der Waals surface area contributed by atoms with Gasteiger partial charge in [0.15, 0.2) is 0 Å². The molecule has 242 valence electrons. The first kappa shape index (κ1) is 32.3. The molecule has 16 heteroatoms. The zero-order chi connectivity index (χ0) is 33.2. The van der Waals surface area contributed by atoms with Gasteiger partial charge in [0, 0.05) is 51.0 Å². The fourth-order valence-electron chi connectivity index (χ4n) is 5.29. The van der Waals surface area contributed by atoms with Crippen LogP contribution in [0.15, 0.2) is 73.2 Å². The second kappa shape index (κ2) is 12.7. The van der Waals surface area contributed by atoms with Crippen molar-refractivity contribution in [2.75, 3.05) is 38.1 Å². The van der Waals surface area contributed by atoms with Gasteiger partial charge < -0.3 is 30.2 Å². The number of nitrogens with one attached hydrogen (secondary N) is 1. The van der Waals surface area contributed by atoms with Gasteiger partial charge >= 0.3 is 18.3 Å². The maximum absolute atomic E-state index is 15.2. The molecule has 0 unspecified atom stereocenters. The molecule has 1 atom stereocenters. The van der Waals surface area contributed by atoms with Crippen LogP contribution in [-0.4, -0.2) is 76.9 Å². The number of hydrogen-bond acceptors (Lipinski definition) is 7. The minimum absolute atomic E-state index is 0.00130. The highest BCUT2D eigenvalue weighted by atomic mass is 19.4. The van der Waals surface area contributed by atoms with Crippen LogP contribution < -0.4 is 20.7 Å². The number of carbonyl (C=O) groups excluding carboxylic acids is 2. The molecular formula is C30H27F6N7O3. The Bertz CT molecular complexity index is 1710. The summed E-state index contributed by atoms with van der Waals surface area (Å²) in [4.78, 5) is 25.9. The Morgan fingerprint density at radius 1 is 1.07 bits per heavy atom. The van der Waals surface area contributed by atoms with E-state index in [9.17, 15) is 22.8 Å². The summed E-state index contributed by atoms with van der Waals surface area (Å²) >= 11 is 0. The summed E-state index contributed by atoms with van der Waals surface area (Å²) < 4.78 is 91.8. The molecule has 5 rings (SSSR count). The summed E-state index contributed by atoms with van der Waals surface area (Å²) in [7, 11) is 0.970. The van der Waals surface area contributed by atoms with Gasteiger partial charge in [0.05, 0.1) is 35.0 Å². The van der Waals surface area contributed by atoms with Gasteiger partial charge in [0.25, 0.3) is 0 Å². The predicted molar refractivity (Wildman–Crippen MR) is 155 cm³/mol. The average molecular weight is 648 g/mol. The summed E-state index contributed by atoms with van der Waals surface area (Å²) in [5.74, 6) is -3.30. The van der Waals surface area contributed by atoms with Gasteiger partial charge in [-0.3, -0.25) is 9.59 Å². The van der Waals surface area contributed by atoms with Crippen LogP contribution >= 0.6 is 0 Å². The largest absolute Gasteiger partial charge is 0.471 e. The number of ether oxygens (including phenoxy) is 1. The van der Waals surface area contributed by atoms with Crippen molar-refractivity contribution in [1.29, 1.82) is 0 Å². The van der Waals surface area contributed by atoms with E-state index in [2.05, 4.69) is 15.5 Å². The van der Waals surface area contributed by atoms with Crippen LogP contribution in [0.1, 0.15) is 15.9 Å². The number of alkyl halides is 6. The molecule has 3 heterocycles. The topological polar surface area (TPSA) is 119 Å². The van der Waals surface area contributed by atoms with Gasteiger partial charge in [0.1, 0.15) is 17.1 Å². The van der Waals surface area contributed by atoms with Crippen molar-refractivity contribution in [2.24, 2.45) is 5.73 Å². The van der Waals surface area contributed by atoms with Crippen LogP contribution in [-0.2, 0) is 11.0 Å². The monoisotopic (exact) mass is 647 g/mol. The maximum Gasteiger partial charge on any atom is 0.471 e. The van der Waals surface area contributed by atoms with E-state index in [0.29, 0.717) is 10.5 Å². The third-order valence-corrected chi connectivity index (χ3v) is 7.27. The van der Waals surface area contributed by atoms with Crippen molar-refractivity contribution >= 4 is 17.5 Å². The molecule has 1 aliphatic heterocycles. The highest BCUT2D eigenvalue weighted by molar-refractivity contribution is 5.94. The standard InChI is InChI=1S/C30H27F6N7O3/c1-41(28(45)30(34,35)36)16-20-17-42(12-11-38-20)26-22(43-15-19(27(37)44)13-23(43)18-9-10-39-40-14-18)7-8-24(25(26)29(31,32)33)46-21-5-3-2-4-6-21/h2-10,13-15,20,38H,11-12,16-17H2,1H3,(H2,37,44)/t20-/m0/s1. The molecule has 10 nitrogen and oxygen atoms in total. The van der Waals surface area contributed by atoms with Crippen molar-refractivity contribution in [2.45, 2.75) is 18.4 Å².